The maximum atomic E-state index is 11.4. The average Bonchev–Trinajstić information content (AvgIpc) is 2.26. The fourth-order valence-electron chi connectivity index (χ4n) is 1.05. The number of hydrogen-bond donors (Lipinski definition) is 2. The third-order valence-electron chi connectivity index (χ3n) is 1.77. The van der Waals surface area contributed by atoms with Gasteiger partial charge in [-0.25, -0.2) is 4.79 Å². The second-order valence-electron chi connectivity index (χ2n) is 3.06. The van der Waals surface area contributed by atoms with Gasteiger partial charge in [0.1, 0.15) is 5.75 Å². The Kier molecular flexibility index (Phi) is 4.66. The average molecular weight is 241 g/mol. The van der Waals surface area contributed by atoms with E-state index in [9.17, 15) is 4.79 Å². The lowest BCUT2D eigenvalue weighted by Crippen LogP contribution is -2.29. The van der Waals surface area contributed by atoms with Crippen LogP contribution in [0.25, 0.3) is 0 Å². The smallest absolute Gasteiger partial charge is 0.319 e. The van der Waals surface area contributed by atoms with Gasteiger partial charge in [-0.1, -0.05) is 24.2 Å². The lowest BCUT2D eigenvalue weighted by molar-refractivity contribution is 0.253. The first kappa shape index (κ1) is 12.4. The van der Waals surface area contributed by atoms with Crippen LogP contribution >= 0.6 is 11.6 Å². The maximum Gasteiger partial charge on any atom is 0.319 e. The van der Waals surface area contributed by atoms with Crippen molar-refractivity contribution in [2.45, 2.75) is 0 Å². The quantitative estimate of drug-likeness (QED) is 0.850. The molecule has 0 unspecified atom stereocenters. The zero-order chi connectivity index (χ0) is 12.0. The van der Waals surface area contributed by atoms with E-state index >= 15 is 0 Å². The van der Waals surface area contributed by atoms with Crippen molar-refractivity contribution in [1.82, 2.24) is 5.32 Å². The van der Waals surface area contributed by atoms with E-state index in [0.29, 0.717) is 16.5 Å². The highest BCUT2D eigenvalue weighted by Crippen LogP contribution is 2.16. The van der Waals surface area contributed by atoms with E-state index in [1.165, 1.54) is 0 Å². The van der Waals surface area contributed by atoms with E-state index in [1.54, 1.807) is 31.4 Å². The van der Waals surface area contributed by atoms with Gasteiger partial charge in [-0.15, -0.1) is 0 Å². The molecule has 0 atom stereocenters. The molecular weight excluding hydrogens is 228 g/mol. The van der Waals surface area contributed by atoms with Gasteiger partial charge in [-0.2, -0.15) is 0 Å². The normalized spacial score (nSPS) is 9.38. The van der Waals surface area contributed by atoms with Crippen LogP contribution in [0.3, 0.4) is 0 Å². The Bertz CT molecular complexity index is 393. The number of carbonyl (C=O) groups is 1. The van der Waals surface area contributed by atoms with E-state index in [2.05, 4.69) is 17.2 Å². The number of nitrogens with one attached hydrogen (secondary N) is 2. The molecule has 0 spiro atoms. The number of carbonyl (C=O) groups excluding carboxylic acids is 1. The van der Waals surface area contributed by atoms with E-state index in [1.807, 2.05) is 0 Å². The van der Waals surface area contributed by atoms with Gasteiger partial charge < -0.3 is 15.4 Å². The van der Waals surface area contributed by atoms with Crippen LogP contribution in [0.15, 0.2) is 35.9 Å². The van der Waals surface area contributed by atoms with Crippen LogP contribution in [-0.2, 0) is 0 Å². The molecule has 2 N–H and O–H groups in total. The van der Waals surface area contributed by atoms with Crippen molar-refractivity contribution in [3.05, 3.63) is 35.9 Å². The van der Waals surface area contributed by atoms with Crippen molar-refractivity contribution in [1.29, 1.82) is 0 Å². The highest BCUT2D eigenvalue weighted by molar-refractivity contribution is 6.29. The van der Waals surface area contributed by atoms with Crippen molar-refractivity contribution in [2.75, 3.05) is 19.0 Å². The topological polar surface area (TPSA) is 50.4 Å². The van der Waals surface area contributed by atoms with Gasteiger partial charge in [0.25, 0.3) is 0 Å². The zero-order valence-electron chi connectivity index (χ0n) is 8.92. The molecule has 1 aromatic carbocycles. The van der Waals surface area contributed by atoms with Gasteiger partial charge in [-0.3, -0.25) is 0 Å². The second kappa shape index (κ2) is 6.02. The Morgan fingerprint density at radius 2 is 2.31 bits per heavy atom. The summed E-state index contributed by atoms with van der Waals surface area (Å²) in [5.74, 6) is 0.680. The van der Waals surface area contributed by atoms with Crippen molar-refractivity contribution < 1.29 is 9.53 Å². The number of ether oxygens (including phenoxy) is 1. The lowest BCUT2D eigenvalue weighted by atomic mass is 10.3. The van der Waals surface area contributed by atoms with Crippen LogP contribution in [-0.4, -0.2) is 19.7 Å². The SMILES string of the molecule is C=C(Cl)CNC(=O)Nc1cccc(OC)c1. The van der Waals surface area contributed by atoms with E-state index in [-0.39, 0.29) is 12.6 Å². The maximum absolute atomic E-state index is 11.4. The van der Waals surface area contributed by atoms with Crippen LogP contribution in [0.1, 0.15) is 0 Å². The van der Waals surface area contributed by atoms with E-state index in [4.69, 9.17) is 16.3 Å². The number of rotatable bonds is 4. The van der Waals surface area contributed by atoms with Crippen LogP contribution in [0.5, 0.6) is 5.75 Å². The Balaban J connectivity index is 2.52. The number of hydrogen-bond acceptors (Lipinski definition) is 2. The molecule has 0 radical (unpaired) electrons. The summed E-state index contributed by atoms with van der Waals surface area (Å²) < 4.78 is 5.03. The number of anilines is 1. The summed E-state index contributed by atoms with van der Waals surface area (Å²) in [4.78, 5) is 11.4. The van der Waals surface area contributed by atoms with Gasteiger partial charge in [0, 0.05) is 16.8 Å². The van der Waals surface area contributed by atoms with Gasteiger partial charge in [0.2, 0.25) is 0 Å². The standard InChI is InChI=1S/C11H13ClN2O2/c1-8(12)7-13-11(15)14-9-4-3-5-10(6-9)16-2/h3-6H,1,7H2,2H3,(H2,13,14,15). The summed E-state index contributed by atoms with van der Waals surface area (Å²) in [6.07, 6.45) is 0. The monoisotopic (exact) mass is 240 g/mol. The molecule has 0 aliphatic rings. The number of amides is 2. The van der Waals surface area contributed by atoms with Gasteiger partial charge in [0.05, 0.1) is 13.7 Å². The summed E-state index contributed by atoms with van der Waals surface area (Å²) >= 11 is 5.52. The van der Waals surface area contributed by atoms with Crippen LogP contribution < -0.4 is 15.4 Å². The predicted octanol–water partition coefficient (Wildman–Crippen LogP) is 2.57. The van der Waals surface area contributed by atoms with E-state index < -0.39 is 0 Å². The molecule has 0 bridgehead atoms. The fourth-order valence-corrected chi connectivity index (χ4v) is 1.12. The van der Waals surface area contributed by atoms with Gasteiger partial charge in [0.15, 0.2) is 0 Å². The summed E-state index contributed by atoms with van der Waals surface area (Å²) in [5, 5.41) is 5.56. The molecule has 0 aromatic heterocycles. The molecule has 2 amide bonds. The summed E-state index contributed by atoms with van der Waals surface area (Å²) in [5.41, 5.74) is 0.650. The minimum atomic E-state index is -0.338. The summed E-state index contributed by atoms with van der Waals surface area (Å²) in [7, 11) is 1.57. The molecule has 0 heterocycles. The third-order valence-corrected chi connectivity index (χ3v) is 1.90. The molecule has 0 fully saturated rings. The van der Waals surface area contributed by atoms with Crippen LogP contribution in [0, 0.1) is 0 Å². The van der Waals surface area contributed by atoms with Crippen LogP contribution in [0.4, 0.5) is 10.5 Å². The summed E-state index contributed by atoms with van der Waals surface area (Å²) in [6, 6.07) is 6.72. The zero-order valence-corrected chi connectivity index (χ0v) is 9.67. The molecule has 0 aliphatic carbocycles. The van der Waals surface area contributed by atoms with Crippen molar-refractivity contribution in [2.24, 2.45) is 0 Å². The Morgan fingerprint density at radius 1 is 1.56 bits per heavy atom. The molecule has 86 valence electrons. The van der Waals surface area contributed by atoms with Crippen molar-refractivity contribution >= 4 is 23.3 Å². The molecule has 1 aromatic rings. The first-order valence-corrected chi connectivity index (χ1v) is 5.02. The Hall–Kier alpha value is -1.68. The fraction of sp³-hybridized carbons (Fsp3) is 0.182. The van der Waals surface area contributed by atoms with E-state index in [0.717, 1.165) is 0 Å². The Labute approximate surface area is 99.2 Å². The highest BCUT2D eigenvalue weighted by Gasteiger charge is 2.01. The first-order valence-electron chi connectivity index (χ1n) is 4.64. The number of benzene rings is 1. The van der Waals surface area contributed by atoms with Gasteiger partial charge >= 0.3 is 6.03 Å². The molecule has 16 heavy (non-hydrogen) atoms. The number of halogens is 1. The number of urea groups is 1. The largest absolute Gasteiger partial charge is 0.497 e. The van der Waals surface area contributed by atoms with Crippen molar-refractivity contribution in [3.63, 3.8) is 0 Å². The molecule has 1 rings (SSSR count). The molecule has 5 heteroatoms. The molecule has 0 saturated carbocycles. The minimum Gasteiger partial charge on any atom is -0.497 e. The second-order valence-corrected chi connectivity index (χ2v) is 3.59. The molecular formula is C11H13ClN2O2. The number of methoxy groups -OCH3 is 1. The lowest BCUT2D eigenvalue weighted by Gasteiger charge is -2.07. The van der Waals surface area contributed by atoms with Crippen LogP contribution in [0.2, 0.25) is 0 Å². The minimum absolute atomic E-state index is 0.233. The predicted molar refractivity (Wildman–Crippen MR) is 65.0 cm³/mol. The highest BCUT2D eigenvalue weighted by atomic mass is 35.5. The summed E-state index contributed by atoms with van der Waals surface area (Å²) in [6.45, 7) is 3.70. The molecule has 0 aliphatic heterocycles. The van der Waals surface area contributed by atoms with Gasteiger partial charge in [-0.05, 0) is 12.1 Å². The first-order chi connectivity index (χ1) is 7.61. The van der Waals surface area contributed by atoms with Crippen molar-refractivity contribution in [3.8, 4) is 5.75 Å². The third kappa shape index (κ3) is 4.23. The Morgan fingerprint density at radius 3 is 2.94 bits per heavy atom. The molecule has 0 saturated heterocycles. The molecule has 4 nitrogen and oxygen atoms in total.